The number of fused-ring (bicyclic) bond motifs is 1. The highest BCUT2D eigenvalue weighted by Gasteiger charge is 2.20. The zero-order valence-electron chi connectivity index (χ0n) is 22.7. The Morgan fingerprint density at radius 3 is 2.38 bits per heavy atom. The van der Waals surface area contributed by atoms with Gasteiger partial charge in [0, 0.05) is 53.7 Å². The van der Waals surface area contributed by atoms with Crippen molar-refractivity contribution in [3.05, 3.63) is 108 Å². The number of nitrogens with zero attached hydrogens (tertiary/aromatic N) is 3. The summed E-state index contributed by atoms with van der Waals surface area (Å²) >= 11 is 0. The monoisotopic (exact) mass is 534 g/mol. The van der Waals surface area contributed by atoms with Gasteiger partial charge in [0.15, 0.2) is 11.5 Å². The van der Waals surface area contributed by atoms with Gasteiger partial charge in [-0.15, -0.1) is 0 Å². The highest BCUT2D eigenvalue weighted by Crippen LogP contribution is 2.32. The number of rotatable bonds is 7. The number of imidazole rings is 1. The molecular formula is C31H30N6O3. The van der Waals surface area contributed by atoms with Gasteiger partial charge in [-0.05, 0) is 68.3 Å². The van der Waals surface area contributed by atoms with Gasteiger partial charge in [-0.2, -0.15) is 0 Å². The molecule has 3 aromatic carbocycles. The Morgan fingerprint density at radius 2 is 1.70 bits per heavy atom. The molecule has 5 aromatic rings. The summed E-state index contributed by atoms with van der Waals surface area (Å²) in [6.07, 6.45) is 5.27. The van der Waals surface area contributed by atoms with Crippen LogP contribution in [0.4, 0.5) is 17.2 Å². The quantitative estimate of drug-likeness (QED) is 0.225. The van der Waals surface area contributed by atoms with E-state index in [0.717, 1.165) is 16.8 Å². The maximum atomic E-state index is 12.9. The average Bonchev–Trinajstić information content (AvgIpc) is 3.43. The van der Waals surface area contributed by atoms with Crippen LogP contribution >= 0.6 is 0 Å². The smallest absolute Gasteiger partial charge is 0.255 e. The first-order valence-corrected chi connectivity index (χ1v) is 12.8. The number of aliphatic hydroxyl groups is 1. The van der Waals surface area contributed by atoms with Crippen LogP contribution in [0, 0.1) is 6.92 Å². The van der Waals surface area contributed by atoms with Gasteiger partial charge in [0.25, 0.3) is 11.8 Å². The molecule has 0 fully saturated rings. The summed E-state index contributed by atoms with van der Waals surface area (Å²) in [4.78, 5) is 35.2. The molecule has 4 N–H and O–H groups in total. The van der Waals surface area contributed by atoms with E-state index < -0.39 is 5.60 Å². The molecule has 202 valence electrons. The van der Waals surface area contributed by atoms with E-state index >= 15 is 0 Å². The van der Waals surface area contributed by atoms with Crippen molar-refractivity contribution in [1.29, 1.82) is 0 Å². The van der Waals surface area contributed by atoms with Crippen molar-refractivity contribution >= 4 is 34.7 Å². The minimum Gasteiger partial charge on any atom is -0.386 e. The van der Waals surface area contributed by atoms with Gasteiger partial charge in [0.2, 0.25) is 0 Å². The van der Waals surface area contributed by atoms with Gasteiger partial charge >= 0.3 is 0 Å². The molecule has 0 aliphatic heterocycles. The molecule has 0 spiro atoms. The molecule has 2 aromatic heterocycles. The van der Waals surface area contributed by atoms with Crippen molar-refractivity contribution in [2.75, 3.05) is 17.7 Å². The molecule has 0 saturated carbocycles. The number of anilines is 3. The van der Waals surface area contributed by atoms with Crippen LogP contribution in [0.5, 0.6) is 0 Å². The van der Waals surface area contributed by atoms with Crippen LogP contribution in [0.15, 0.2) is 85.3 Å². The van der Waals surface area contributed by atoms with Crippen LogP contribution in [0.3, 0.4) is 0 Å². The Morgan fingerprint density at radius 1 is 0.975 bits per heavy atom. The number of hydrogen-bond acceptors (Lipinski definition) is 6. The lowest BCUT2D eigenvalue weighted by Gasteiger charge is -2.18. The van der Waals surface area contributed by atoms with Gasteiger partial charge < -0.3 is 25.5 Å². The van der Waals surface area contributed by atoms with Crippen LogP contribution in [-0.4, -0.2) is 38.3 Å². The second kappa shape index (κ2) is 10.6. The van der Waals surface area contributed by atoms with Crippen molar-refractivity contribution < 1.29 is 14.7 Å². The van der Waals surface area contributed by atoms with Crippen LogP contribution in [0.2, 0.25) is 0 Å². The summed E-state index contributed by atoms with van der Waals surface area (Å²) < 4.78 is 1.82. The van der Waals surface area contributed by atoms with E-state index in [1.54, 1.807) is 75.9 Å². The molecular weight excluding hydrogens is 504 g/mol. The van der Waals surface area contributed by atoms with E-state index in [1.165, 1.54) is 0 Å². The standard InChI is InChI=1S/C31H30N6O3/c1-19-16-24(30(39)32-4)23(17-25(19)36-29(38)20-8-6-5-7-9-20)26-18-37-15-14-33-28(37)27(35-26)34-22-12-10-21(11-13-22)31(2,3)40/h5-18,40H,1-4H3,(H,32,39)(H,34,35)(H,36,38). The van der Waals surface area contributed by atoms with Crippen molar-refractivity contribution in [1.82, 2.24) is 19.7 Å². The predicted octanol–water partition coefficient (Wildman–Crippen LogP) is 5.29. The number of hydrogen-bond donors (Lipinski definition) is 4. The fourth-order valence-corrected chi connectivity index (χ4v) is 4.40. The fourth-order valence-electron chi connectivity index (χ4n) is 4.40. The molecule has 40 heavy (non-hydrogen) atoms. The van der Waals surface area contributed by atoms with Gasteiger partial charge in [-0.3, -0.25) is 9.59 Å². The van der Waals surface area contributed by atoms with Crippen molar-refractivity contribution in [3.63, 3.8) is 0 Å². The lowest BCUT2D eigenvalue weighted by atomic mass is 9.98. The molecule has 9 nitrogen and oxygen atoms in total. The lowest BCUT2D eigenvalue weighted by molar-refractivity contribution is 0.0786. The summed E-state index contributed by atoms with van der Waals surface area (Å²) in [5.74, 6) is -0.0442. The van der Waals surface area contributed by atoms with E-state index in [4.69, 9.17) is 4.98 Å². The van der Waals surface area contributed by atoms with Crippen LogP contribution in [0.1, 0.15) is 45.7 Å². The topological polar surface area (TPSA) is 121 Å². The predicted molar refractivity (Wildman–Crippen MR) is 156 cm³/mol. The highest BCUT2D eigenvalue weighted by molar-refractivity contribution is 6.06. The van der Waals surface area contributed by atoms with Gasteiger partial charge in [-0.25, -0.2) is 9.97 Å². The maximum Gasteiger partial charge on any atom is 0.255 e. The molecule has 0 unspecified atom stereocenters. The zero-order chi connectivity index (χ0) is 28.4. The number of aromatic nitrogens is 3. The molecule has 0 bridgehead atoms. The third-order valence-electron chi connectivity index (χ3n) is 6.62. The molecule has 5 rings (SSSR count). The zero-order valence-corrected chi connectivity index (χ0v) is 22.7. The van der Waals surface area contributed by atoms with E-state index in [9.17, 15) is 14.7 Å². The summed E-state index contributed by atoms with van der Waals surface area (Å²) in [5, 5.41) is 19.3. The minimum atomic E-state index is -0.956. The van der Waals surface area contributed by atoms with Crippen LogP contribution < -0.4 is 16.0 Å². The molecule has 0 saturated heterocycles. The normalized spacial score (nSPS) is 11.3. The van der Waals surface area contributed by atoms with Crippen molar-refractivity contribution in [2.45, 2.75) is 26.4 Å². The highest BCUT2D eigenvalue weighted by atomic mass is 16.3. The van der Waals surface area contributed by atoms with Crippen LogP contribution in [0.25, 0.3) is 16.9 Å². The Labute approximate surface area is 231 Å². The second-order valence-corrected chi connectivity index (χ2v) is 10.0. The molecule has 2 heterocycles. The molecule has 0 aliphatic carbocycles. The third kappa shape index (κ3) is 5.41. The molecule has 2 amide bonds. The van der Waals surface area contributed by atoms with E-state index in [2.05, 4.69) is 20.9 Å². The number of amides is 2. The third-order valence-corrected chi connectivity index (χ3v) is 6.62. The summed E-state index contributed by atoms with van der Waals surface area (Å²) in [6, 6.07) is 19.9. The summed E-state index contributed by atoms with van der Waals surface area (Å²) in [7, 11) is 1.57. The fraction of sp³-hybridized carbons (Fsp3) is 0.161. The Hall–Kier alpha value is -5.02. The minimum absolute atomic E-state index is 0.253. The van der Waals surface area contributed by atoms with Crippen LogP contribution in [-0.2, 0) is 5.60 Å². The largest absolute Gasteiger partial charge is 0.386 e. The van der Waals surface area contributed by atoms with E-state index in [0.29, 0.717) is 39.5 Å². The van der Waals surface area contributed by atoms with Gasteiger partial charge in [0.05, 0.1) is 11.3 Å². The molecule has 9 heteroatoms. The lowest BCUT2D eigenvalue weighted by Crippen LogP contribution is -2.20. The van der Waals surface area contributed by atoms with Gasteiger partial charge in [-0.1, -0.05) is 30.3 Å². The van der Waals surface area contributed by atoms with Gasteiger partial charge in [0.1, 0.15) is 0 Å². The summed E-state index contributed by atoms with van der Waals surface area (Å²) in [5.41, 5.74) is 4.49. The first-order valence-electron chi connectivity index (χ1n) is 12.8. The SMILES string of the molecule is CNC(=O)c1cc(C)c(NC(=O)c2ccccc2)cc1-c1cn2ccnc2c(Nc2ccc(C(C)(C)O)cc2)n1. The Balaban J connectivity index is 1.58. The van der Waals surface area contributed by atoms with Crippen molar-refractivity contribution in [3.8, 4) is 11.3 Å². The number of aryl methyl sites for hydroxylation is 1. The molecule has 0 radical (unpaired) electrons. The maximum absolute atomic E-state index is 12.9. The number of carbonyl (C=O) groups is 2. The number of carbonyl (C=O) groups excluding carboxylic acids is 2. The second-order valence-electron chi connectivity index (χ2n) is 10.0. The first kappa shape index (κ1) is 26.6. The van der Waals surface area contributed by atoms with Crippen molar-refractivity contribution in [2.24, 2.45) is 0 Å². The number of benzene rings is 3. The number of nitrogens with one attached hydrogen (secondary N) is 3. The Kier molecular flexibility index (Phi) is 7.06. The average molecular weight is 535 g/mol. The molecule has 0 aliphatic rings. The molecule has 0 atom stereocenters. The van der Waals surface area contributed by atoms with E-state index in [-0.39, 0.29) is 11.8 Å². The Bertz CT molecular complexity index is 1700. The summed E-state index contributed by atoms with van der Waals surface area (Å²) in [6.45, 7) is 5.31. The van der Waals surface area contributed by atoms with E-state index in [1.807, 2.05) is 41.7 Å². The first-order chi connectivity index (χ1) is 19.1.